The fourth-order valence-corrected chi connectivity index (χ4v) is 2.55. The molecule has 0 spiro atoms. The Morgan fingerprint density at radius 2 is 1.67 bits per heavy atom. The van der Waals surface area contributed by atoms with Gasteiger partial charge >= 0.3 is 0 Å². The van der Waals surface area contributed by atoms with Crippen LogP contribution in [0.25, 0.3) is 0 Å². The molecule has 0 unspecified atom stereocenters. The minimum atomic E-state index is -0.0198. The van der Waals surface area contributed by atoms with Gasteiger partial charge in [-0.3, -0.25) is 4.79 Å². The molecular weight excluding hydrogens is 224 g/mol. The molecular formula is C15H32N2O. The zero-order chi connectivity index (χ0) is 14.2. The van der Waals surface area contributed by atoms with Crippen LogP contribution in [0, 0.1) is 11.8 Å². The maximum Gasteiger partial charge on any atom is 0.220 e. The smallest absolute Gasteiger partial charge is 0.220 e. The van der Waals surface area contributed by atoms with Crippen molar-refractivity contribution in [3.05, 3.63) is 0 Å². The predicted molar refractivity (Wildman–Crippen MR) is 78.4 cm³/mol. The van der Waals surface area contributed by atoms with E-state index in [4.69, 9.17) is 5.73 Å². The molecule has 0 radical (unpaired) electrons. The average molecular weight is 256 g/mol. The standard InChI is InChI=1S/C15H32N2O/c1-6-15(7-2,8-3)17-14(18)10-13(11-16)9-12(4)5/h12-13H,6-11,16H2,1-5H3,(H,17,18)/t13-/m0/s1. The molecule has 0 saturated heterocycles. The summed E-state index contributed by atoms with van der Waals surface area (Å²) < 4.78 is 0. The summed E-state index contributed by atoms with van der Waals surface area (Å²) in [6.45, 7) is 11.4. The lowest BCUT2D eigenvalue weighted by molar-refractivity contribution is -0.124. The third kappa shape index (κ3) is 5.85. The summed E-state index contributed by atoms with van der Waals surface area (Å²) in [5, 5.41) is 3.22. The maximum atomic E-state index is 12.1. The van der Waals surface area contributed by atoms with E-state index < -0.39 is 0 Å². The monoisotopic (exact) mass is 256 g/mol. The number of amides is 1. The minimum absolute atomic E-state index is 0.0198. The molecule has 0 aliphatic rings. The molecule has 3 N–H and O–H groups in total. The van der Waals surface area contributed by atoms with Crippen LogP contribution in [0.2, 0.25) is 0 Å². The van der Waals surface area contributed by atoms with Crippen LogP contribution in [0.5, 0.6) is 0 Å². The van der Waals surface area contributed by atoms with Crippen LogP contribution in [-0.2, 0) is 4.79 Å². The second-order valence-electron chi connectivity index (χ2n) is 5.82. The Bertz CT molecular complexity index is 226. The highest BCUT2D eigenvalue weighted by molar-refractivity contribution is 5.77. The topological polar surface area (TPSA) is 55.1 Å². The molecule has 0 aliphatic heterocycles. The summed E-state index contributed by atoms with van der Waals surface area (Å²) in [6.07, 6.45) is 4.56. The zero-order valence-corrected chi connectivity index (χ0v) is 12.9. The van der Waals surface area contributed by atoms with Gasteiger partial charge in [0.15, 0.2) is 0 Å². The Morgan fingerprint density at radius 1 is 1.17 bits per heavy atom. The first-order chi connectivity index (χ1) is 8.42. The van der Waals surface area contributed by atoms with Crippen molar-refractivity contribution >= 4 is 5.91 Å². The van der Waals surface area contributed by atoms with Crippen molar-refractivity contribution in [1.82, 2.24) is 5.32 Å². The molecule has 0 fully saturated rings. The van der Waals surface area contributed by atoms with Gasteiger partial charge in [0.1, 0.15) is 0 Å². The molecule has 0 bridgehead atoms. The third-order valence-corrected chi connectivity index (χ3v) is 4.05. The van der Waals surface area contributed by atoms with Gasteiger partial charge in [-0.25, -0.2) is 0 Å². The number of carbonyl (C=O) groups is 1. The lowest BCUT2D eigenvalue weighted by Crippen LogP contribution is -2.47. The van der Waals surface area contributed by atoms with E-state index in [0.717, 1.165) is 25.7 Å². The van der Waals surface area contributed by atoms with Gasteiger partial charge in [0.05, 0.1) is 0 Å². The van der Waals surface area contributed by atoms with Gasteiger partial charge in [-0.1, -0.05) is 34.6 Å². The summed E-state index contributed by atoms with van der Waals surface area (Å²) in [7, 11) is 0. The Labute approximate surface area is 113 Å². The van der Waals surface area contributed by atoms with E-state index in [1.807, 2.05) is 0 Å². The van der Waals surface area contributed by atoms with E-state index in [2.05, 4.69) is 39.9 Å². The van der Waals surface area contributed by atoms with Crippen molar-refractivity contribution in [1.29, 1.82) is 0 Å². The molecule has 108 valence electrons. The van der Waals surface area contributed by atoms with Crippen LogP contribution >= 0.6 is 0 Å². The fraction of sp³-hybridized carbons (Fsp3) is 0.933. The van der Waals surface area contributed by atoms with Crippen LogP contribution < -0.4 is 11.1 Å². The SMILES string of the molecule is CCC(CC)(CC)NC(=O)C[C@@H](CN)CC(C)C. The highest BCUT2D eigenvalue weighted by atomic mass is 16.1. The summed E-state index contributed by atoms with van der Waals surface area (Å²) in [4.78, 5) is 12.1. The number of nitrogens with two attached hydrogens (primary N) is 1. The Kier molecular flexibility index (Phi) is 8.25. The number of hydrogen-bond acceptors (Lipinski definition) is 2. The summed E-state index contributed by atoms with van der Waals surface area (Å²) in [5.41, 5.74) is 5.73. The first-order valence-electron chi connectivity index (χ1n) is 7.44. The molecule has 1 amide bonds. The van der Waals surface area contributed by atoms with Gasteiger partial charge in [-0.2, -0.15) is 0 Å². The van der Waals surface area contributed by atoms with E-state index in [9.17, 15) is 4.79 Å². The zero-order valence-electron chi connectivity index (χ0n) is 12.9. The molecule has 3 nitrogen and oxygen atoms in total. The second kappa shape index (κ2) is 8.52. The van der Waals surface area contributed by atoms with E-state index in [1.54, 1.807) is 0 Å². The first-order valence-corrected chi connectivity index (χ1v) is 7.44. The summed E-state index contributed by atoms with van der Waals surface area (Å²) >= 11 is 0. The molecule has 1 atom stereocenters. The van der Waals surface area contributed by atoms with Crippen molar-refractivity contribution in [2.24, 2.45) is 17.6 Å². The summed E-state index contributed by atoms with van der Waals surface area (Å²) in [5.74, 6) is 1.07. The number of hydrogen-bond donors (Lipinski definition) is 2. The van der Waals surface area contributed by atoms with Crippen LogP contribution in [-0.4, -0.2) is 18.0 Å². The second-order valence-corrected chi connectivity index (χ2v) is 5.82. The van der Waals surface area contributed by atoms with Crippen LogP contribution in [0.1, 0.15) is 66.7 Å². The van der Waals surface area contributed by atoms with Crippen molar-refractivity contribution in [3.8, 4) is 0 Å². The van der Waals surface area contributed by atoms with Gasteiger partial charge in [0, 0.05) is 12.0 Å². The summed E-state index contributed by atoms with van der Waals surface area (Å²) in [6, 6.07) is 0. The number of rotatable bonds is 9. The van der Waals surface area contributed by atoms with Crippen molar-refractivity contribution in [2.75, 3.05) is 6.54 Å². The van der Waals surface area contributed by atoms with E-state index >= 15 is 0 Å². The van der Waals surface area contributed by atoms with Crippen LogP contribution in [0.3, 0.4) is 0 Å². The van der Waals surface area contributed by atoms with Gasteiger partial charge in [0.25, 0.3) is 0 Å². The Hall–Kier alpha value is -0.570. The predicted octanol–water partition coefficient (Wildman–Crippen LogP) is 3.08. The molecule has 0 heterocycles. The molecule has 0 aromatic rings. The van der Waals surface area contributed by atoms with Crippen LogP contribution in [0.15, 0.2) is 0 Å². The van der Waals surface area contributed by atoms with Gasteiger partial charge < -0.3 is 11.1 Å². The molecule has 0 aromatic heterocycles. The lowest BCUT2D eigenvalue weighted by Gasteiger charge is -2.32. The first kappa shape index (κ1) is 17.4. The molecule has 18 heavy (non-hydrogen) atoms. The average Bonchev–Trinajstić information content (AvgIpc) is 2.34. The van der Waals surface area contributed by atoms with E-state index in [1.165, 1.54) is 0 Å². The number of carbonyl (C=O) groups excluding carboxylic acids is 1. The third-order valence-electron chi connectivity index (χ3n) is 4.05. The number of nitrogens with one attached hydrogen (secondary N) is 1. The van der Waals surface area contributed by atoms with E-state index in [0.29, 0.717) is 24.8 Å². The normalized spacial score (nSPS) is 13.7. The van der Waals surface area contributed by atoms with Crippen molar-refractivity contribution < 1.29 is 4.79 Å². The van der Waals surface area contributed by atoms with Gasteiger partial charge in [-0.05, 0) is 44.1 Å². The fourth-order valence-electron chi connectivity index (χ4n) is 2.55. The minimum Gasteiger partial charge on any atom is -0.351 e. The van der Waals surface area contributed by atoms with Gasteiger partial charge in [-0.15, -0.1) is 0 Å². The van der Waals surface area contributed by atoms with Crippen LogP contribution in [0.4, 0.5) is 0 Å². The Morgan fingerprint density at radius 3 is 2.00 bits per heavy atom. The van der Waals surface area contributed by atoms with Crippen molar-refractivity contribution in [2.45, 2.75) is 72.3 Å². The molecule has 0 saturated carbocycles. The highest BCUT2D eigenvalue weighted by Crippen LogP contribution is 2.21. The van der Waals surface area contributed by atoms with Gasteiger partial charge in [0.2, 0.25) is 5.91 Å². The highest BCUT2D eigenvalue weighted by Gasteiger charge is 2.26. The van der Waals surface area contributed by atoms with E-state index in [-0.39, 0.29) is 11.4 Å². The Balaban J connectivity index is 4.38. The van der Waals surface area contributed by atoms with Crippen molar-refractivity contribution in [3.63, 3.8) is 0 Å². The molecule has 0 rings (SSSR count). The largest absolute Gasteiger partial charge is 0.351 e. The lowest BCUT2D eigenvalue weighted by atomic mass is 9.88. The quantitative estimate of drug-likeness (QED) is 0.666. The molecule has 3 heteroatoms. The maximum absolute atomic E-state index is 12.1. The molecule has 0 aliphatic carbocycles. The molecule has 0 aromatic carbocycles.